The molecular weight excluding hydrogens is 288 g/mol. The summed E-state index contributed by atoms with van der Waals surface area (Å²) in [5.74, 6) is -0.461. The second kappa shape index (κ2) is 8.13. The molecule has 2 amide bonds. The summed E-state index contributed by atoms with van der Waals surface area (Å²) in [7, 11) is 0. The van der Waals surface area contributed by atoms with Gasteiger partial charge in [-0.1, -0.05) is 48.5 Å². The Morgan fingerprint density at radius 1 is 1.00 bits per heavy atom. The van der Waals surface area contributed by atoms with Gasteiger partial charge in [0.2, 0.25) is 11.8 Å². The van der Waals surface area contributed by atoms with Crippen molar-refractivity contribution in [2.45, 2.75) is 26.3 Å². The topological polar surface area (TPSA) is 49.4 Å². The highest BCUT2D eigenvalue weighted by Gasteiger charge is 2.18. The van der Waals surface area contributed by atoms with Crippen LogP contribution in [0.5, 0.6) is 0 Å². The zero-order valence-corrected chi connectivity index (χ0v) is 13.5. The van der Waals surface area contributed by atoms with Crippen LogP contribution < -0.4 is 10.2 Å². The molecule has 0 heterocycles. The van der Waals surface area contributed by atoms with Crippen LogP contribution in [0.25, 0.3) is 0 Å². The van der Waals surface area contributed by atoms with E-state index in [1.807, 2.05) is 74.5 Å². The molecule has 4 heteroatoms. The van der Waals surface area contributed by atoms with E-state index in [0.29, 0.717) is 6.54 Å². The molecule has 0 bridgehead atoms. The molecule has 2 rings (SSSR count). The van der Waals surface area contributed by atoms with Gasteiger partial charge in [0, 0.05) is 12.2 Å². The smallest absolute Gasteiger partial charge is 0.236 e. The van der Waals surface area contributed by atoms with Crippen LogP contribution >= 0.6 is 0 Å². The molecule has 0 aliphatic carbocycles. The molecule has 0 aliphatic rings. The van der Waals surface area contributed by atoms with Crippen LogP contribution in [0.3, 0.4) is 0 Å². The third kappa shape index (κ3) is 4.68. The van der Waals surface area contributed by atoms with Gasteiger partial charge in [0.1, 0.15) is 6.42 Å². The number of nitrogens with zero attached hydrogens (tertiary/aromatic N) is 1. The predicted molar refractivity (Wildman–Crippen MR) is 92.1 cm³/mol. The minimum absolute atomic E-state index is 0.122. The third-order valence-corrected chi connectivity index (χ3v) is 3.67. The number of amides is 2. The van der Waals surface area contributed by atoms with Crippen molar-refractivity contribution in [2.24, 2.45) is 0 Å². The minimum atomic E-state index is -0.263. The molecular formula is C19H22N2O2. The number of carbonyl (C=O) groups is 2. The second-order valence-corrected chi connectivity index (χ2v) is 5.35. The van der Waals surface area contributed by atoms with Gasteiger partial charge in [0.15, 0.2) is 0 Å². The summed E-state index contributed by atoms with van der Waals surface area (Å²) in [5.41, 5.74) is 1.83. The zero-order valence-electron chi connectivity index (χ0n) is 13.5. The van der Waals surface area contributed by atoms with E-state index in [2.05, 4.69) is 5.32 Å². The average molecular weight is 310 g/mol. The van der Waals surface area contributed by atoms with Crippen molar-refractivity contribution in [1.29, 1.82) is 0 Å². The average Bonchev–Trinajstić information content (AvgIpc) is 2.57. The molecule has 0 fully saturated rings. The molecule has 0 radical (unpaired) electrons. The Labute approximate surface area is 137 Å². The first-order chi connectivity index (χ1) is 11.1. The van der Waals surface area contributed by atoms with E-state index in [0.717, 1.165) is 11.3 Å². The van der Waals surface area contributed by atoms with Crippen LogP contribution in [0.4, 0.5) is 5.69 Å². The lowest BCUT2D eigenvalue weighted by Crippen LogP contribution is -2.36. The van der Waals surface area contributed by atoms with Crippen molar-refractivity contribution in [2.75, 3.05) is 11.4 Å². The molecule has 1 N–H and O–H groups in total. The highest BCUT2D eigenvalue weighted by atomic mass is 16.2. The van der Waals surface area contributed by atoms with Gasteiger partial charge in [-0.25, -0.2) is 0 Å². The van der Waals surface area contributed by atoms with Gasteiger partial charge in [0.25, 0.3) is 0 Å². The van der Waals surface area contributed by atoms with Crippen molar-refractivity contribution in [3.63, 3.8) is 0 Å². The van der Waals surface area contributed by atoms with Gasteiger partial charge in [-0.3, -0.25) is 9.59 Å². The number of anilines is 1. The lowest BCUT2D eigenvalue weighted by Gasteiger charge is -2.21. The van der Waals surface area contributed by atoms with Gasteiger partial charge >= 0.3 is 0 Å². The van der Waals surface area contributed by atoms with E-state index in [1.165, 1.54) is 0 Å². The Hall–Kier alpha value is -2.62. The van der Waals surface area contributed by atoms with Crippen molar-refractivity contribution in [3.8, 4) is 0 Å². The van der Waals surface area contributed by atoms with E-state index < -0.39 is 0 Å². The molecule has 2 aromatic rings. The molecule has 1 unspecified atom stereocenters. The summed E-state index contributed by atoms with van der Waals surface area (Å²) in [6.07, 6.45) is -0.153. The first kappa shape index (κ1) is 16.7. The van der Waals surface area contributed by atoms with Crippen LogP contribution in [0.15, 0.2) is 60.7 Å². The van der Waals surface area contributed by atoms with E-state index in [9.17, 15) is 9.59 Å². The maximum atomic E-state index is 12.4. The third-order valence-electron chi connectivity index (χ3n) is 3.67. The Kier molecular flexibility index (Phi) is 5.92. The lowest BCUT2D eigenvalue weighted by molar-refractivity contribution is -0.128. The molecule has 4 nitrogen and oxygen atoms in total. The summed E-state index contributed by atoms with van der Waals surface area (Å²) in [6.45, 7) is 4.34. The lowest BCUT2D eigenvalue weighted by atomic mass is 10.1. The van der Waals surface area contributed by atoms with Gasteiger partial charge in [0.05, 0.1) is 6.04 Å². The molecule has 120 valence electrons. The fourth-order valence-corrected chi connectivity index (χ4v) is 2.46. The summed E-state index contributed by atoms with van der Waals surface area (Å²) in [6, 6.07) is 19.0. The zero-order chi connectivity index (χ0) is 16.7. The summed E-state index contributed by atoms with van der Waals surface area (Å²) < 4.78 is 0. The molecule has 1 atom stereocenters. The highest BCUT2D eigenvalue weighted by Crippen LogP contribution is 2.15. The number of para-hydroxylation sites is 1. The maximum absolute atomic E-state index is 12.4. The molecule has 0 aromatic heterocycles. The van der Waals surface area contributed by atoms with Crippen molar-refractivity contribution >= 4 is 17.5 Å². The Balaban J connectivity index is 1.95. The molecule has 23 heavy (non-hydrogen) atoms. The summed E-state index contributed by atoms with van der Waals surface area (Å²) in [5, 5.41) is 2.87. The van der Waals surface area contributed by atoms with E-state index in [-0.39, 0.29) is 24.3 Å². The number of carbonyl (C=O) groups excluding carboxylic acids is 2. The van der Waals surface area contributed by atoms with Crippen molar-refractivity contribution < 1.29 is 9.59 Å². The number of hydrogen-bond donors (Lipinski definition) is 1. The van der Waals surface area contributed by atoms with Crippen molar-refractivity contribution in [1.82, 2.24) is 5.32 Å². The first-order valence-corrected chi connectivity index (χ1v) is 7.81. The summed E-state index contributed by atoms with van der Waals surface area (Å²) in [4.78, 5) is 26.1. The largest absolute Gasteiger partial charge is 0.349 e. The Morgan fingerprint density at radius 2 is 1.57 bits per heavy atom. The number of rotatable bonds is 6. The number of benzene rings is 2. The van der Waals surface area contributed by atoms with Crippen molar-refractivity contribution in [3.05, 3.63) is 66.2 Å². The monoisotopic (exact) mass is 310 g/mol. The summed E-state index contributed by atoms with van der Waals surface area (Å²) >= 11 is 0. The molecule has 0 saturated heterocycles. The van der Waals surface area contributed by atoms with Crippen LogP contribution in [0.1, 0.15) is 31.9 Å². The van der Waals surface area contributed by atoms with Crippen LogP contribution in [0.2, 0.25) is 0 Å². The van der Waals surface area contributed by atoms with Crippen LogP contribution in [-0.4, -0.2) is 18.4 Å². The van der Waals surface area contributed by atoms with Gasteiger partial charge in [-0.2, -0.15) is 0 Å². The second-order valence-electron chi connectivity index (χ2n) is 5.35. The van der Waals surface area contributed by atoms with Crippen LogP contribution in [0, 0.1) is 0 Å². The quantitative estimate of drug-likeness (QED) is 0.832. The van der Waals surface area contributed by atoms with E-state index in [1.54, 1.807) is 4.90 Å². The molecule has 0 saturated carbocycles. The first-order valence-electron chi connectivity index (χ1n) is 7.81. The van der Waals surface area contributed by atoms with Gasteiger partial charge in [-0.05, 0) is 31.5 Å². The Morgan fingerprint density at radius 3 is 2.13 bits per heavy atom. The minimum Gasteiger partial charge on any atom is -0.349 e. The Bertz CT molecular complexity index is 641. The van der Waals surface area contributed by atoms with E-state index in [4.69, 9.17) is 0 Å². The van der Waals surface area contributed by atoms with Gasteiger partial charge < -0.3 is 10.2 Å². The fraction of sp³-hybridized carbons (Fsp3) is 0.263. The van der Waals surface area contributed by atoms with E-state index >= 15 is 0 Å². The van der Waals surface area contributed by atoms with Gasteiger partial charge in [-0.15, -0.1) is 0 Å². The number of nitrogens with one attached hydrogen (secondary N) is 1. The normalized spacial score (nSPS) is 11.6. The highest BCUT2D eigenvalue weighted by molar-refractivity contribution is 6.05. The standard InChI is InChI=1S/C19H22N2O2/c1-3-21(17-12-8-5-9-13-17)19(23)14-18(22)20-15(2)16-10-6-4-7-11-16/h4-13,15H,3,14H2,1-2H3,(H,20,22). The number of hydrogen-bond acceptors (Lipinski definition) is 2. The molecule has 0 aliphatic heterocycles. The van der Waals surface area contributed by atoms with Crippen LogP contribution in [-0.2, 0) is 9.59 Å². The molecule has 0 spiro atoms. The predicted octanol–water partition coefficient (Wildman–Crippen LogP) is 3.31. The maximum Gasteiger partial charge on any atom is 0.236 e. The SMILES string of the molecule is CCN(C(=O)CC(=O)NC(C)c1ccccc1)c1ccccc1. The molecule has 2 aromatic carbocycles. The fourth-order valence-electron chi connectivity index (χ4n) is 2.46.